The van der Waals surface area contributed by atoms with Crippen LogP contribution in [0.4, 0.5) is 5.69 Å². The highest BCUT2D eigenvalue weighted by atomic mass is 32.2. The average Bonchev–Trinajstić information content (AvgIpc) is 2.64. The molecule has 1 aromatic carbocycles. The van der Waals surface area contributed by atoms with Gasteiger partial charge in [0.25, 0.3) is 0 Å². The van der Waals surface area contributed by atoms with E-state index in [-0.39, 0.29) is 17.0 Å². The summed E-state index contributed by atoms with van der Waals surface area (Å²) in [6.07, 6.45) is 1.05. The molecule has 0 aromatic heterocycles. The zero-order valence-corrected chi connectivity index (χ0v) is 10.4. The van der Waals surface area contributed by atoms with E-state index in [0.29, 0.717) is 0 Å². The number of primary sulfonamides is 1. The van der Waals surface area contributed by atoms with E-state index in [1.165, 1.54) is 6.07 Å². The van der Waals surface area contributed by atoms with Gasteiger partial charge >= 0.3 is 0 Å². The van der Waals surface area contributed by atoms with Gasteiger partial charge in [-0.15, -0.1) is 0 Å². The van der Waals surface area contributed by atoms with Crippen LogP contribution < -0.4 is 10.5 Å². The molecule has 2 unspecified atom stereocenters. The molecule has 3 N–H and O–H groups in total. The highest BCUT2D eigenvalue weighted by Gasteiger charge is 2.24. The Hall–Kier alpha value is -1.11. The first-order valence-corrected chi connectivity index (χ1v) is 7.02. The van der Waals surface area contributed by atoms with Crippen LogP contribution in [-0.4, -0.2) is 27.2 Å². The molecule has 0 amide bonds. The molecule has 2 rings (SSSR count). The largest absolute Gasteiger partial charge is 0.380 e. The number of nitrogens with two attached hydrogens (primary N) is 1. The lowest BCUT2D eigenvalue weighted by Gasteiger charge is -2.17. The molecule has 2 atom stereocenters. The van der Waals surface area contributed by atoms with Crippen molar-refractivity contribution in [1.29, 1.82) is 0 Å². The molecule has 0 bridgehead atoms. The van der Waals surface area contributed by atoms with Gasteiger partial charge in [-0.1, -0.05) is 6.07 Å². The van der Waals surface area contributed by atoms with E-state index in [4.69, 9.17) is 9.88 Å². The number of sulfonamides is 1. The first-order chi connectivity index (χ1) is 7.97. The molecular formula is C11H16N2O3S. The predicted molar refractivity (Wildman–Crippen MR) is 65.3 cm³/mol. The molecule has 1 aliphatic heterocycles. The van der Waals surface area contributed by atoms with Gasteiger partial charge in [-0.25, -0.2) is 13.6 Å². The third-order valence-corrected chi connectivity index (χ3v) is 3.80. The van der Waals surface area contributed by atoms with Crippen molar-refractivity contribution < 1.29 is 13.2 Å². The minimum Gasteiger partial charge on any atom is -0.380 e. The van der Waals surface area contributed by atoms with Gasteiger partial charge in [0.2, 0.25) is 10.0 Å². The molecule has 6 heteroatoms. The average molecular weight is 256 g/mol. The Morgan fingerprint density at radius 3 is 2.82 bits per heavy atom. The van der Waals surface area contributed by atoms with E-state index < -0.39 is 10.0 Å². The zero-order valence-electron chi connectivity index (χ0n) is 9.59. The van der Waals surface area contributed by atoms with Gasteiger partial charge in [0, 0.05) is 12.3 Å². The number of benzene rings is 1. The van der Waals surface area contributed by atoms with Gasteiger partial charge in [-0.2, -0.15) is 0 Å². The molecule has 94 valence electrons. The molecule has 1 fully saturated rings. The van der Waals surface area contributed by atoms with Crippen LogP contribution in [0, 0.1) is 0 Å². The number of hydrogen-bond acceptors (Lipinski definition) is 4. The summed E-state index contributed by atoms with van der Waals surface area (Å²) in [5.74, 6) is 0. The molecule has 0 radical (unpaired) electrons. The van der Waals surface area contributed by atoms with Crippen molar-refractivity contribution in [2.75, 3.05) is 11.9 Å². The summed E-state index contributed by atoms with van der Waals surface area (Å²) in [5.41, 5.74) is 0.749. The lowest BCUT2D eigenvalue weighted by Crippen LogP contribution is -2.26. The minimum atomic E-state index is -3.64. The molecule has 1 saturated heterocycles. The number of anilines is 1. The molecular weight excluding hydrogens is 240 g/mol. The first-order valence-electron chi connectivity index (χ1n) is 5.48. The van der Waals surface area contributed by atoms with Crippen molar-refractivity contribution in [3.63, 3.8) is 0 Å². The van der Waals surface area contributed by atoms with Crippen molar-refractivity contribution in [2.45, 2.75) is 30.4 Å². The smallest absolute Gasteiger partial charge is 0.238 e. The molecule has 5 nitrogen and oxygen atoms in total. The summed E-state index contributed by atoms with van der Waals surface area (Å²) in [7, 11) is -3.64. The lowest BCUT2D eigenvalue weighted by molar-refractivity contribution is 0.121. The third-order valence-electron chi connectivity index (χ3n) is 2.89. The van der Waals surface area contributed by atoms with E-state index in [2.05, 4.69) is 5.32 Å². The van der Waals surface area contributed by atoms with Gasteiger partial charge in [0.1, 0.15) is 0 Å². The van der Waals surface area contributed by atoms with Crippen LogP contribution in [0.1, 0.15) is 13.3 Å². The van der Waals surface area contributed by atoms with Gasteiger partial charge in [-0.05, 0) is 31.5 Å². The summed E-state index contributed by atoms with van der Waals surface area (Å²) in [4.78, 5) is 0.120. The second-order valence-corrected chi connectivity index (χ2v) is 5.75. The SMILES string of the molecule is CC1OCCC1Nc1cccc(S(N)(=O)=O)c1. The third kappa shape index (κ3) is 2.96. The van der Waals surface area contributed by atoms with E-state index >= 15 is 0 Å². The van der Waals surface area contributed by atoms with E-state index in [0.717, 1.165) is 18.7 Å². The Bertz CT molecular complexity index is 501. The van der Waals surface area contributed by atoms with Crippen molar-refractivity contribution in [3.8, 4) is 0 Å². The van der Waals surface area contributed by atoms with Crippen LogP contribution in [0.15, 0.2) is 29.2 Å². The molecule has 1 aliphatic rings. The molecule has 1 aromatic rings. The van der Waals surface area contributed by atoms with Crippen LogP contribution in [0.2, 0.25) is 0 Å². The van der Waals surface area contributed by atoms with Gasteiger partial charge < -0.3 is 10.1 Å². The first kappa shape index (κ1) is 12.3. The maximum absolute atomic E-state index is 11.2. The Morgan fingerprint density at radius 2 is 2.24 bits per heavy atom. The van der Waals surface area contributed by atoms with E-state index in [9.17, 15) is 8.42 Å². The van der Waals surface area contributed by atoms with Crippen LogP contribution >= 0.6 is 0 Å². The van der Waals surface area contributed by atoms with E-state index in [1.54, 1.807) is 12.1 Å². The summed E-state index contributed by atoms with van der Waals surface area (Å²) in [6.45, 7) is 2.72. The number of ether oxygens (including phenoxy) is 1. The quantitative estimate of drug-likeness (QED) is 0.842. The topological polar surface area (TPSA) is 81.4 Å². The fourth-order valence-corrected chi connectivity index (χ4v) is 2.46. The maximum Gasteiger partial charge on any atom is 0.238 e. The van der Waals surface area contributed by atoms with Gasteiger partial charge in [-0.3, -0.25) is 0 Å². The van der Waals surface area contributed by atoms with E-state index in [1.807, 2.05) is 13.0 Å². The number of hydrogen-bond donors (Lipinski definition) is 2. The molecule has 0 spiro atoms. The molecule has 0 saturated carbocycles. The lowest BCUT2D eigenvalue weighted by atomic mass is 10.1. The van der Waals surface area contributed by atoms with Crippen LogP contribution in [0.3, 0.4) is 0 Å². The zero-order chi connectivity index (χ0) is 12.5. The van der Waals surface area contributed by atoms with Gasteiger partial charge in [0.05, 0.1) is 17.0 Å². The minimum absolute atomic E-state index is 0.120. The van der Waals surface area contributed by atoms with Crippen molar-refractivity contribution in [1.82, 2.24) is 0 Å². The van der Waals surface area contributed by atoms with Crippen molar-refractivity contribution >= 4 is 15.7 Å². The predicted octanol–water partition coefficient (Wildman–Crippen LogP) is 0.923. The standard InChI is InChI=1S/C11H16N2O3S/c1-8-11(5-6-16-8)13-9-3-2-4-10(7-9)17(12,14)15/h2-4,7-8,11,13H,5-6H2,1H3,(H2,12,14,15). The summed E-state index contributed by atoms with van der Waals surface area (Å²) in [6, 6.07) is 6.73. The Morgan fingerprint density at radius 1 is 1.47 bits per heavy atom. The maximum atomic E-state index is 11.2. The second kappa shape index (κ2) is 4.64. The van der Waals surface area contributed by atoms with Crippen LogP contribution in [0.25, 0.3) is 0 Å². The summed E-state index contributed by atoms with van der Waals surface area (Å²) >= 11 is 0. The highest BCUT2D eigenvalue weighted by molar-refractivity contribution is 7.89. The second-order valence-electron chi connectivity index (χ2n) is 4.19. The van der Waals surface area contributed by atoms with Crippen molar-refractivity contribution in [3.05, 3.63) is 24.3 Å². The van der Waals surface area contributed by atoms with Gasteiger partial charge in [0.15, 0.2) is 0 Å². The molecule has 17 heavy (non-hydrogen) atoms. The summed E-state index contributed by atoms with van der Waals surface area (Å²) < 4.78 is 27.9. The normalized spacial score (nSPS) is 24.8. The van der Waals surface area contributed by atoms with Crippen LogP contribution in [0.5, 0.6) is 0 Å². The monoisotopic (exact) mass is 256 g/mol. The fraction of sp³-hybridized carbons (Fsp3) is 0.455. The summed E-state index contributed by atoms with van der Waals surface area (Å²) in [5, 5.41) is 8.34. The van der Waals surface area contributed by atoms with Crippen molar-refractivity contribution in [2.24, 2.45) is 5.14 Å². The Labute approximate surface area is 101 Å². The Kier molecular flexibility index (Phi) is 3.37. The number of nitrogens with one attached hydrogen (secondary N) is 1. The molecule has 0 aliphatic carbocycles. The Balaban J connectivity index is 2.17. The fourth-order valence-electron chi connectivity index (χ4n) is 1.90. The number of rotatable bonds is 3. The highest BCUT2D eigenvalue weighted by Crippen LogP contribution is 2.20. The molecule has 1 heterocycles. The van der Waals surface area contributed by atoms with Crippen LogP contribution in [-0.2, 0) is 14.8 Å².